The van der Waals surface area contributed by atoms with Gasteiger partial charge in [-0.2, -0.15) is 9.40 Å². The van der Waals surface area contributed by atoms with Gasteiger partial charge in [-0.15, -0.1) is 0 Å². The van der Waals surface area contributed by atoms with Crippen molar-refractivity contribution in [1.29, 1.82) is 0 Å². The van der Waals surface area contributed by atoms with E-state index in [1.54, 1.807) is 0 Å². The zero-order valence-corrected chi connectivity index (χ0v) is 16.1. The molecule has 1 aromatic heterocycles. The van der Waals surface area contributed by atoms with E-state index in [-0.39, 0.29) is 23.5 Å². The average Bonchev–Trinajstić information content (AvgIpc) is 2.62. The molecular weight excluding hydrogens is 434 g/mol. The summed E-state index contributed by atoms with van der Waals surface area (Å²) in [5.41, 5.74) is 0.289. The van der Waals surface area contributed by atoms with Crippen LogP contribution in [0.5, 0.6) is 0 Å². The maximum atomic E-state index is 13.4. The number of rotatable bonds is 3. The molecule has 11 heteroatoms. The molecule has 1 saturated heterocycles. The van der Waals surface area contributed by atoms with Crippen LogP contribution in [0.1, 0.15) is 0 Å². The van der Waals surface area contributed by atoms with Gasteiger partial charge in [-0.05, 0) is 34.1 Å². The highest BCUT2D eigenvalue weighted by Gasteiger charge is 2.30. The summed E-state index contributed by atoms with van der Waals surface area (Å²) in [4.78, 5) is 13.5. The molecule has 0 spiro atoms. The third kappa shape index (κ3) is 3.38. The Morgan fingerprint density at radius 2 is 1.77 bits per heavy atom. The van der Waals surface area contributed by atoms with Gasteiger partial charge in [-0.3, -0.25) is 4.79 Å². The highest BCUT2D eigenvalue weighted by molar-refractivity contribution is 9.10. The topological polar surface area (TPSA) is 75.5 Å². The molecule has 0 unspecified atom stereocenters. The van der Waals surface area contributed by atoms with Gasteiger partial charge in [0.2, 0.25) is 10.0 Å². The average molecular weight is 449 g/mol. The van der Waals surface area contributed by atoms with Crippen LogP contribution in [0.2, 0.25) is 0 Å². The quantitative estimate of drug-likeness (QED) is 0.707. The Labute approximate surface area is 157 Å². The van der Waals surface area contributed by atoms with E-state index >= 15 is 0 Å². The maximum Gasteiger partial charge on any atom is 0.282 e. The van der Waals surface area contributed by atoms with Crippen molar-refractivity contribution in [3.8, 4) is 0 Å². The number of hydrogen-bond acceptors (Lipinski definition) is 5. The Kier molecular flexibility index (Phi) is 5.13. The molecule has 0 saturated carbocycles. The number of aromatic nitrogens is 2. The molecule has 2 aromatic rings. The molecule has 3 rings (SSSR count). The monoisotopic (exact) mass is 448 g/mol. The van der Waals surface area contributed by atoms with Crippen molar-refractivity contribution in [2.24, 2.45) is 7.05 Å². The molecule has 0 amide bonds. The van der Waals surface area contributed by atoms with Crippen LogP contribution < -0.4 is 10.5 Å². The summed E-state index contributed by atoms with van der Waals surface area (Å²) >= 11 is 3.25. The van der Waals surface area contributed by atoms with Crippen molar-refractivity contribution in [3.63, 3.8) is 0 Å². The minimum atomic E-state index is -3.93. The lowest BCUT2D eigenvalue weighted by Gasteiger charge is -2.35. The first-order valence-corrected chi connectivity index (χ1v) is 9.87. The van der Waals surface area contributed by atoms with Crippen molar-refractivity contribution in [1.82, 2.24) is 14.1 Å². The smallest absolute Gasteiger partial charge is 0.282 e. The van der Waals surface area contributed by atoms with Crippen LogP contribution in [-0.4, -0.2) is 48.7 Å². The Bertz CT molecular complexity index is 1000. The zero-order chi connectivity index (χ0) is 19.1. The van der Waals surface area contributed by atoms with E-state index < -0.39 is 21.7 Å². The number of halogens is 3. The highest BCUT2D eigenvalue weighted by atomic mass is 79.9. The summed E-state index contributed by atoms with van der Waals surface area (Å²) < 4.78 is 54.4. The zero-order valence-electron chi connectivity index (χ0n) is 13.7. The second-order valence-electron chi connectivity index (χ2n) is 5.74. The van der Waals surface area contributed by atoms with Crippen molar-refractivity contribution in [2.75, 3.05) is 31.1 Å². The third-order valence-corrected chi connectivity index (χ3v) is 6.81. The molecule has 0 atom stereocenters. The predicted molar refractivity (Wildman–Crippen MR) is 94.5 cm³/mol. The molecule has 26 heavy (non-hydrogen) atoms. The third-order valence-electron chi connectivity index (χ3n) is 4.17. The van der Waals surface area contributed by atoms with Gasteiger partial charge in [0, 0.05) is 33.2 Å². The molecule has 0 radical (unpaired) electrons. The van der Waals surface area contributed by atoms with Crippen molar-refractivity contribution in [2.45, 2.75) is 4.90 Å². The van der Waals surface area contributed by atoms with E-state index in [1.165, 1.54) is 22.2 Å². The molecular formula is C15H15BrF2N4O3S. The molecule has 140 valence electrons. The lowest BCUT2D eigenvalue weighted by atomic mass is 10.3. The molecule has 1 aliphatic rings. The lowest BCUT2D eigenvalue weighted by Crippen LogP contribution is -2.49. The Morgan fingerprint density at radius 1 is 1.12 bits per heavy atom. The second-order valence-corrected chi connectivity index (χ2v) is 8.47. The van der Waals surface area contributed by atoms with E-state index in [1.807, 2.05) is 4.90 Å². The first kappa shape index (κ1) is 18.9. The van der Waals surface area contributed by atoms with Gasteiger partial charge in [0.05, 0.1) is 16.8 Å². The van der Waals surface area contributed by atoms with E-state index in [0.29, 0.717) is 29.3 Å². The fourth-order valence-corrected chi connectivity index (χ4v) is 4.72. The van der Waals surface area contributed by atoms with Gasteiger partial charge in [0.15, 0.2) is 11.6 Å². The van der Waals surface area contributed by atoms with Crippen LogP contribution in [0.25, 0.3) is 0 Å². The minimum Gasteiger partial charge on any atom is -0.367 e. The number of hydrogen-bond donors (Lipinski definition) is 0. The van der Waals surface area contributed by atoms with Gasteiger partial charge >= 0.3 is 0 Å². The Morgan fingerprint density at radius 3 is 2.38 bits per heavy atom. The van der Waals surface area contributed by atoms with Crippen molar-refractivity contribution in [3.05, 3.63) is 50.9 Å². The molecule has 0 aliphatic carbocycles. The van der Waals surface area contributed by atoms with Gasteiger partial charge < -0.3 is 4.90 Å². The summed E-state index contributed by atoms with van der Waals surface area (Å²) in [6, 6.07) is 2.51. The molecule has 0 bridgehead atoms. The van der Waals surface area contributed by atoms with Gasteiger partial charge in [0.25, 0.3) is 5.56 Å². The Hall–Kier alpha value is -1.85. The maximum absolute atomic E-state index is 13.4. The minimum absolute atomic E-state index is 0.142. The number of benzene rings is 1. The first-order chi connectivity index (χ1) is 12.2. The number of piperazine rings is 1. The fourth-order valence-electron chi connectivity index (χ4n) is 2.68. The predicted octanol–water partition coefficient (Wildman–Crippen LogP) is 1.33. The highest BCUT2D eigenvalue weighted by Crippen LogP contribution is 2.25. The van der Waals surface area contributed by atoms with Crippen LogP contribution in [0, 0.1) is 11.6 Å². The normalized spacial score (nSPS) is 16.1. The first-order valence-electron chi connectivity index (χ1n) is 7.64. The Balaban J connectivity index is 1.79. The number of aryl methyl sites for hydroxylation is 1. The van der Waals surface area contributed by atoms with E-state index in [2.05, 4.69) is 21.0 Å². The van der Waals surface area contributed by atoms with Crippen LogP contribution in [0.4, 0.5) is 14.5 Å². The van der Waals surface area contributed by atoms with Crippen LogP contribution in [-0.2, 0) is 17.1 Å². The number of nitrogens with zero attached hydrogens (tertiary/aromatic N) is 4. The van der Waals surface area contributed by atoms with Crippen LogP contribution in [0.15, 0.2) is 38.6 Å². The molecule has 7 nitrogen and oxygen atoms in total. The summed E-state index contributed by atoms with van der Waals surface area (Å²) in [5.74, 6) is -2.31. The summed E-state index contributed by atoms with van der Waals surface area (Å²) in [7, 11) is -2.39. The van der Waals surface area contributed by atoms with Crippen LogP contribution in [0.3, 0.4) is 0 Å². The second kappa shape index (κ2) is 7.05. The van der Waals surface area contributed by atoms with Crippen molar-refractivity contribution >= 4 is 31.6 Å². The van der Waals surface area contributed by atoms with E-state index in [9.17, 15) is 22.0 Å². The molecule has 1 fully saturated rings. The lowest BCUT2D eigenvalue weighted by molar-refractivity contribution is 0.384. The van der Waals surface area contributed by atoms with E-state index in [0.717, 1.165) is 12.1 Å². The molecule has 1 aliphatic heterocycles. The molecule has 2 heterocycles. The largest absolute Gasteiger partial charge is 0.367 e. The molecule has 0 N–H and O–H groups in total. The summed E-state index contributed by atoms with van der Waals surface area (Å²) in [6.45, 7) is 0.943. The van der Waals surface area contributed by atoms with Crippen LogP contribution >= 0.6 is 15.9 Å². The van der Waals surface area contributed by atoms with Crippen molar-refractivity contribution < 1.29 is 17.2 Å². The number of sulfonamides is 1. The summed E-state index contributed by atoms with van der Waals surface area (Å²) in [6.07, 6.45) is 1.53. The van der Waals surface area contributed by atoms with Gasteiger partial charge in [-0.25, -0.2) is 21.9 Å². The fraction of sp³-hybridized carbons (Fsp3) is 0.333. The summed E-state index contributed by atoms with van der Waals surface area (Å²) in [5, 5.41) is 3.97. The number of anilines is 1. The standard InChI is InChI=1S/C15H15BrF2N4O3S/c1-20-15(23)14(16)13(9-19-20)21-4-6-22(7-5-21)26(24,25)10-2-3-11(17)12(18)8-10/h2-3,8-9H,4-7H2,1H3. The van der Waals surface area contributed by atoms with E-state index in [4.69, 9.17) is 0 Å². The molecule has 1 aromatic carbocycles. The van der Waals surface area contributed by atoms with Gasteiger partial charge in [-0.1, -0.05) is 0 Å². The van der Waals surface area contributed by atoms with Gasteiger partial charge in [0.1, 0.15) is 4.47 Å². The SMILES string of the molecule is Cn1ncc(N2CCN(S(=O)(=O)c3ccc(F)c(F)c3)CC2)c(Br)c1=O.